The predicted octanol–water partition coefficient (Wildman–Crippen LogP) is 4.46. The summed E-state index contributed by atoms with van der Waals surface area (Å²) in [5, 5.41) is 19.0. The van der Waals surface area contributed by atoms with Crippen molar-refractivity contribution >= 4 is 43.8 Å². The fourth-order valence-corrected chi connectivity index (χ4v) is 2.76. The van der Waals surface area contributed by atoms with Gasteiger partial charge in [0, 0.05) is 21.8 Å². The number of carbonyl (C=O) groups is 2. The zero-order valence-corrected chi connectivity index (χ0v) is 15.7. The lowest BCUT2D eigenvalue weighted by molar-refractivity contribution is -0.136. The summed E-state index contributed by atoms with van der Waals surface area (Å²) in [5.41, 5.74) is 1.27. The summed E-state index contributed by atoms with van der Waals surface area (Å²) in [6, 6.07) is 14.3. The van der Waals surface area contributed by atoms with Gasteiger partial charge in [0.2, 0.25) is 0 Å². The lowest BCUT2D eigenvalue weighted by atomic mass is 9.95. The molecule has 0 heterocycles. The van der Waals surface area contributed by atoms with Crippen LogP contribution in [0, 0.1) is 0 Å². The van der Waals surface area contributed by atoms with Gasteiger partial charge < -0.3 is 10.2 Å². The molecule has 0 aliphatic carbocycles. The van der Waals surface area contributed by atoms with Gasteiger partial charge in [-0.05, 0) is 35.4 Å². The van der Waals surface area contributed by atoms with Gasteiger partial charge >= 0.3 is 11.9 Å². The number of carboxylic acids is 2. The molecule has 0 saturated carbocycles. The Morgan fingerprint density at radius 2 is 0.958 bits per heavy atom. The van der Waals surface area contributed by atoms with E-state index in [1.165, 1.54) is 0 Å². The number of hydrogen-bond acceptors (Lipinski definition) is 2. The van der Waals surface area contributed by atoms with E-state index in [4.69, 9.17) is 0 Å². The monoisotopic (exact) mass is 452 g/mol. The largest absolute Gasteiger partial charge is 0.478 e. The van der Waals surface area contributed by atoms with Crippen molar-refractivity contribution in [1.29, 1.82) is 0 Å². The van der Waals surface area contributed by atoms with Gasteiger partial charge in [-0.1, -0.05) is 56.1 Å². The SMILES string of the molecule is O=C(O)/C(Cc1ccc(Br)cc1)=C(/Cc1ccc(Br)cc1)C(=O)O. The first-order valence-electron chi connectivity index (χ1n) is 7.04. The van der Waals surface area contributed by atoms with Gasteiger partial charge in [-0.3, -0.25) is 0 Å². The molecule has 0 aliphatic heterocycles. The first-order valence-corrected chi connectivity index (χ1v) is 8.63. The summed E-state index contributed by atoms with van der Waals surface area (Å²) in [6.45, 7) is 0. The topological polar surface area (TPSA) is 74.6 Å². The van der Waals surface area contributed by atoms with E-state index in [0.29, 0.717) is 0 Å². The van der Waals surface area contributed by atoms with Crippen molar-refractivity contribution in [3.63, 3.8) is 0 Å². The molecule has 2 aromatic carbocycles. The first kappa shape index (κ1) is 18.4. The van der Waals surface area contributed by atoms with Crippen LogP contribution in [-0.2, 0) is 22.4 Å². The third-order valence-electron chi connectivity index (χ3n) is 3.47. The molecular formula is C18H14Br2O4. The number of aliphatic carboxylic acids is 2. The summed E-state index contributed by atoms with van der Waals surface area (Å²) in [4.78, 5) is 23.2. The van der Waals surface area contributed by atoms with Gasteiger partial charge in [-0.2, -0.15) is 0 Å². The van der Waals surface area contributed by atoms with Crippen molar-refractivity contribution in [3.8, 4) is 0 Å². The highest BCUT2D eigenvalue weighted by atomic mass is 79.9. The number of hydrogen-bond donors (Lipinski definition) is 2. The zero-order valence-electron chi connectivity index (χ0n) is 12.5. The van der Waals surface area contributed by atoms with Crippen LogP contribution >= 0.6 is 31.9 Å². The third-order valence-corrected chi connectivity index (χ3v) is 4.53. The van der Waals surface area contributed by atoms with E-state index >= 15 is 0 Å². The van der Waals surface area contributed by atoms with E-state index in [2.05, 4.69) is 31.9 Å². The molecule has 0 atom stereocenters. The van der Waals surface area contributed by atoms with Gasteiger partial charge in [0.25, 0.3) is 0 Å². The molecule has 2 N–H and O–H groups in total. The van der Waals surface area contributed by atoms with Crippen molar-refractivity contribution in [3.05, 3.63) is 79.7 Å². The molecule has 0 radical (unpaired) electrons. The highest BCUT2D eigenvalue weighted by Gasteiger charge is 2.21. The molecule has 24 heavy (non-hydrogen) atoms. The van der Waals surface area contributed by atoms with Crippen LogP contribution in [0.4, 0.5) is 0 Å². The lowest BCUT2D eigenvalue weighted by Crippen LogP contribution is -2.15. The fraction of sp³-hybridized carbons (Fsp3) is 0.111. The van der Waals surface area contributed by atoms with Gasteiger partial charge in [0.1, 0.15) is 0 Å². The van der Waals surface area contributed by atoms with Crippen LogP contribution in [0.2, 0.25) is 0 Å². The van der Waals surface area contributed by atoms with Crippen LogP contribution < -0.4 is 0 Å². The Kier molecular flexibility index (Phi) is 6.34. The Balaban J connectivity index is 2.39. The Hall–Kier alpha value is -1.92. The molecule has 0 spiro atoms. The van der Waals surface area contributed by atoms with E-state index < -0.39 is 11.9 Å². The molecular weight excluding hydrogens is 440 g/mol. The minimum atomic E-state index is -1.22. The van der Waals surface area contributed by atoms with Crippen LogP contribution in [0.15, 0.2) is 68.6 Å². The van der Waals surface area contributed by atoms with E-state index in [1.807, 2.05) is 0 Å². The van der Waals surface area contributed by atoms with Crippen LogP contribution in [0.25, 0.3) is 0 Å². The average Bonchev–Trinajstić information content (AvgIpc) is 2.54. The smallest absolute Gasteiger partial charge is 0.332 e. The summed E-state index contributed by atoms with van der Waals surface area (Å²) >= 11 is 6.63. The number of benzene rings is 2. The highest BCUT2D eigenvalue weighted by Crippen LogP contribution is 2.20. The summed E-state index contributed by atoms with van der Waals surface area (Å²) in [5.74, 6) is -2.43. The minimum Gasteiger partial charge on any atom is -0.478 e. The molecule has 0 fully saturated rings. The van der Waals surface area contributed by atoms with Crippen molar-refractivity contribution in [2.45, 2.75) is 12.8 Å². The summed E-state index contributed by atoms with van der Waals surface area (Å²) in [7, 11) is 0. The molecule has 4 nitrogen and oxygen atoms in total. The molecule has 2 rings (SSSR count). The Morgan fingerprint density at radius 1 is 0.667 bits per heavy atom. The zero-order chi connectivity index (χ0) is 17.7. The Bertz CT molecular complexity index is 710. The van der Waals surface area contributed by atoms with Crippen LogP contribution in [-0.4, -0.2) is 22.2 Å². The maximum atomic E-state index is 11.6. The second kappa shape index (κ2) is 8.26. The van der Waals surface area contributed by atoms with Crippen molar-refractivity contribution in [1.82, 2.24) is 0 Å². The average molecular weight is 454 g/mol. The maximum absolute atomic E-state index is 11.6. The highest BCUT2D eigenvalue weighted by molar-refractivity contribution is 9.10. The van der Waals surface area contributed by atoms with Crippen LogP contribution in [0.3, 0.4) is 0 Å². The normalized spacial score (nSPS) is 11.8. The van der Waals surface area contributed by atoms with E-state index in [1.54, 1.807) is 48.5 Å². The molecule has 0 amide bonds. The lowest BCUT2D eigenvalue weighted by Gasteiger charge is -2.10. The molecule has 0 saturated heterocycles. The molecule has 0 aromatic heterocycles. The Morgan fingerprint density at radius 3 is 1.21 bits per heavy atom. The second-order valence-electron chi connectivity index (χ2n) is 5.17. The number of rotatable bonds is 6. The molecule has 2 aromatic rings. The summed E-state index contributed by atoms with van der Waals surface area (Å²) in [6.07, 6.45) is 0.113. The molecule has 124 valence electrons. The second-order valence-corrected chi connectivity index (χ2v) is 7.01. The van der Waals surface area contributed by atoms with Crippen molar-refractivity contribution in [2.75, 3.05) is 0 Å². The number of carboxylic acid groups (broad SMARTS) is 2. The molecule has 0 bridgehead atoms. The number of halogens is 2. The van der Waals surface area contributed by atoms with Gasteiger partial charge in [0.15, 0.2) is 0 Å². The summed E-state index contributed by atoms with van der Waals surface area (Å²) < 4.78 is 1.75. The van der Waals surface area contributed by atoms with Crippen molar-refractivity contribution in [2.24, 2.45) is 0 Å². The maximum Gasteiger partial charge on any atom is 0.332 e. The predicted molar refractivity (Wildman–Crippen MR) is 98.0 cm³/mol. The van der Waals surface area contributed by atoms with E-state index in [0.717, 1.165) is 20.1 Å². The van der Waals surface area contributed by atoms with E-state index in [9.17, 15) is 19.8 Å². The first-order chi connectivity index (χ1) is 11.4. The Labute approximate surface area is 156 Å². The van der Waals surface area contributed by atoms with Crippen LogP contribution in [0.5, 0.6) is 0 Å². The van der Waals surface area contributed by atoms with Gasteiger partial charge in [-0.25, -0.2) is 9.59 Å². The van der Waals surface area contributed by atoms with E-state index in [-0.39, 0.29) is 24.0 Å². The standard InChI is InChI=1S/C18H14Br2O4/c19-13-5-1-11(2-6-13)9-15(17(21)22)16(18(23)24)10-12-3-7-14(20)8-4-12/h1-8H,9-10H2,(H,21,22)(H,23,24)/b16-15-. The quantitative estimate of drug-likeness (QED) is 0.633. The third kappa shape index (κ3) is 5.04. The molecule has 0 aliphatic rings. The fourth-order valence-electron chi connectivity index (χ4n) is 2.24. The minimum absolute atomic E-state index is 0.0563. The molecule has 6 heteroatoms. The van der Waals surface area contributed by atoms with Crippen LogP contribution in [0.1, 0.15) is 11.1 Å². The van der Waals surface area contributed by atoms with Crippen molar-refractivity contribution < 1.29 is 19.8 Å². The molecule has 0 unspecified atom stereocenters. The van der Waals surface area contributed by atoms with Gasteiger partial charge in [0.05, 0.1) is 11.1 Å². The van der Waals surface area contributed by atoms with Gasteiger partial charge in [-0.15, -0.1) is 0 Å².